The summed E-state index contributed by atoms with van der Waals surface area (Å²) in [6, 6.07) is 18.5. The second-order valence-electron chi connectivity index (χ2n) is 11.6. The van der Waals surface area contributed by atoms with Crippen molar-refractivity contribution in [3.63, 3.8) is 0 Å². The Morgan fingerprint density at radius 3 is 2.31 bits per heavy atom. The number of fused-ring (bicyclic) bond motifs is 5. The molecular formula is C34H41ClN6O4. The molecule has 0 radical (unpaired) electrons. The summed E-state index contributed by atoms with van der Waals surface area (Å²) in [5.41, 5.74) is 5.43. The van der Waals surface area contributed by atoms with E-state index in [0.717, 1.165) is 35.4 Å². The molecular weight excluding hydrogens is 592 g/mol. The minimum Gasteiger partial charge on any atom is -0.383 e. The Labute approximate surface area is 269 Å². The van der Waals surface area contributed by atoms with E-state index in [4.69, 9.17) is 26.1 Å². The lowest BCUT2D eigenvalue weighted by molar-refractivity contribution is -0.119. The summed E-state index contributed by atoms with van der Waals surface area (Å²) in [4.78, 5) is 38.7. The van der Waals surface area contributed by atoms with Crippen LogP contribution in [0.15, 0.2) is 60.7 Å². The molecule has 0 spiro atoms. The number of anilines is 2. The van der Waals surface area contributed by atoms with Crippen LogP contribution in [0.1, 0.15) is 22.0 Å². The molecule has 1 aliphatic heterocycles. The molecule has 0 saturated carbocycles. The molecule has 1 aliphatic rings. The molecule has 5 rings (SSSR count). The Morgan fingerprint density at radius 1 is 0.933 bits per heavy atom. The standard InChI is InChI=1S/C34H41ClN6O4/c1-38(2)14-15-39(3)26-11-12-28-27(22-26)32-36-29-21-24(34(43)40(16-18-44-4)17-19-45-5)8-13-30(29)41(32)31(33(42)37-28)20-23-6-9-25(35)10-7-23/h6-13,21-22,31H,14-20H2,1-5H3,(H,37,42)/t31-/m0/s1. The van der Waals surface area contributed by atoms with Crippen molar-refractivity contribution in [3.8, 4) is 11.4 Å². The number of imidazole rings is 1. The summed E-state index contributed by atoms with van der Waals surface area (Å²) < 4.78 is 12.5. The third-order valence-corrected chi connectivity index (χ3v) is 8.39. The van der Waals surface area contributed by atoms with E-state index in [9.17, 15) is 9.59 Å². The minimum absolute atomic E-state index is 0.130. The first-order chi connectivity index (χ1) is 21.7. The van der Waals surface area contributed by atoms with Crippen molar-refractivity contribution in [2.45, 2.75) is 12.5 Å². The molecule has 1 aromatic heterocycles. The average molecular weight is 633 g/mol. The van der Waals surface area contributed by atoms with E-state index in [1.807, 2.05) is 53.1 Å². The number of rotatable bonds is 13. The molecule has 0 fully saturated rings. The van der Waals surface area contributed by atoms with Crippen molar-refractivity contribution in [2.24, 2.45) is 0 Å². The fraction of sp³-hybridized carbons (Fsp3) is 0.382. The zero-order chi connectivity index (χ0) is 32.1. The second-order valence-corrected chi connectivity index (χ2v) is 12.0. The molecule has 0 bridgehead atoms. The number of halogens is 1. The first-order valence-corrected chi connectivity index (χ1v) is 15.4. The van der Waals surface area contributed by atoms with Crippen LogP contribution in [0.5, 0.6) is 0 Å². The number of benzene rings is 3. The van der Waals surface area contributed by atoms with Crippen molar-refractivity contribution >= 4 is 45.8 Å². The van der Waals surface area contributed by atoms with Gasteiger partial charge in [-0.1, -0.05) is 23.7 Å². The molecule has 0 saturated heterocycles. The van der Waals surface area contributed by atoms with Crippen LogP contribution in [0.25, 0.3) is 22.4 Å². The second kappa shape index (κ2) is 14.4. The normalized spacial score (nSPS) is 14.2. The number of nitrogens with one attached hydrogen (secondary N) is 1. The van der Waals surface area contributed by atoms with Crippen LogP contribution >= 0.6 is 11.6 Å². The van der Waals surface area contributed by atoms with E-state index >= 15 is 0 Å². The van der Waals surface area contributed by atoms with Crippen LogP contribution in [-0.4, -0.2) is 106 Å². The molecule has 10 nitrogen and oxygen atoms in total. The van der Waals surface area contributed by atoms with Gasteiger partial charge in [0.25, 0.3) is 5.91 Å². The highest BCUT2D eigenvalue weighted by Crippen LogP contribution is 2.39. The Balaban J connectivity index is 1.62. The zero-order valence-electron chi connectivity index (χ0n) is 26.5. The number of hydrogen-bond acceptors (Lipinski definition) is 7. The van der Waals surface area contributed by atoms with Crippen LogP contribution < -0.4 is 10.2 Å². The Hall–Kier alpha value is -3.96. The number of nitrogens with zero attached hydrogens (tertiary/aromatic N) is 5. The fourth-order valence-electron chi connectivity index (χ4n) is 5.54. The van der Waals surface area contributed by atoms with Crippen molar-refractivity contribution in [1.29, 1.82) is 0 Å². The summed E-state index contributed by atoms with van der Waals surface area (Å²) in [6.07, 6.45) is 0.438. The summed E-state index contributed by atoms with van der Waals surface area (Å²) in [7, 11) is 9.39. The van der Waals surface area contributed by atoms with E-state index < -0.39 is 6.04 Å². The molecule has 11 heteroatoms. The van der Waals surface area contributed by atoms with Crippen LogP contribution in [0, 0.1) is 0 Å². The lowest BCUT2D eigenvalue weighted by Gasteiger charge is -2.22. The van der Waals surface area contributed by atoms with Crippen molar-refractivity contribution in [2.75, 3.05) is 85.0 Å². The van der Waals surface area contributed by atoms with Gasteiger partial charge >= 0.3 is 0 Å². The number of carbonyl (C=O) groups is 2. The Bertz CT molecular complexity index is 1650. The number of amides is 2. The van der Waals surface area contributed by atoms with Gasteiger partial charge in [0.2, 0.25) is 5.91 Å². The van der Waals surface area contributed by atoms with E-state index in [-0.39, 0.29) is 11.8 Å². The van der Waals surface area contributed by atoms with Gasteiger partial charge in [-0.3, -0.25) is 9.59 Å². The number of ether oxygens (including phenoxy) is 2. The van der Waals surface area contributed by atoms with Crippen LogP contribution in [0.2, 0.25) is 5.02 Å². The molecule has 4 aromatic rings. The molecule has 0 aliphatic carbocycles. The molecule has 45 heavy (non-hydrogen) atoms. The maximum atomic E-state index is 13.9. The van der Waals surface area contributed by atoms with Gasteiger partial charge in [-0.05, 0) is 68.2 Å². The number of aromatic nitrogens is 2. The number of carbonyl (C=O) groups excluding carboxylic acids is 2. The SMILES string of the molecule is COCCN(CCOC)C(=O)c1ccc2c(c1)nc1n2[C@@H](Cc2ccc(Cl)cc2)C(=O)Nc2ccc(N(C)CCN(C)C)cc2-1. The fourth-order valence-corrected chi connectivity index (χ4v) is 5.67. The van der Waals surface area contributed by atoms with Gasteiger partial charge in [-0.25, -0.2) is 4.98 Å². The predicted octanol–water partition coefficient (Wildman–Crippen LogP) is 4.83. The van der Waals surface area contributed by atoms with Crippen LogP contribution in [-0.2, 0) is 20.7 Å². The van der Waals surface area contributed by atoms with E-state index in [1.54, 1.807) is 25.2 Å². The maximum absolute atomic E-state index is 13.9. The monoisotopic (exact) mass is 632 g/mol. The summed E-state index contributed by atoms with van der Waals surface area (Å²) in [6.45, 7) is 3.45. The quantitative estimate of drug-likeness (QED) is 0.226. The molecule has 2 heterocycles. The zero-order valence-corrected chi connectivity index (χ0v) is 27.3. The summed E-state index contributed by atoms with van der Waals surface area (Å²) in [5.74, 6) is 0.402. The maximum Gasteiger partial charge on any atom is 0.254 e. The third-order valence-electron chi connectivity index (χ3n) is 8.14. The average Bonchev–Trinajstić information content (AvgIpc) is 3.36. The van der Waals surface area contributed by atoms with Gasteiger partial charge in [-0.15, -0.1) is 0 Å². The molecule has 1 atom stereocenters. The Kier molecular flexibility index (Phi) is 10.4. The smallest absolute Gasteiger partial charge is 0.254 e. The number of hydrogen-bond donors (Lipinski definition) is 1. The highest BCUT2D eigenvalue weighted by molar-refractivity contribution is 6.30. The van der Waals surface area contributed by atoms with Gasteiger partial charge in [0.15, 0.2) is 0 Å². The van der Waals surface area contributed by atoms with Gasteiger partial charge in [0.05, 0.1) is 29.9 Å². The minimum atomic E-state index is -0.588. The molecule has 2 amide bonds. The van der Waals surface area contributed by atoms with Crippen molar-refractivity contribution in [3.05, 3.63) is 76.8 Å². The third kappa shape index (κ3) is 7.31. The topological polar surface area (TPSA) is 92.2 Å². The number of likely N-dealkylation sites (N-methyl/N-ethyl adjacent to an activating group) is 2. The lowest BCUT2D eigenvalue weighted by atomic mass is 10.0. The lowest BCUT2D eigenvalue weighted by Crippen LogP contribution is -2.36. The highest BCUT2D eigenvalue weighted by Gasteiger charge is 2.32. The van der Waals surface area contributed by atoms with Gasteiger partial charge in [0, 0.05) is 75.7 Å². The Morgan fingerprint density at radius 2 is 1.64 bits per heavy atom. The van der Waals surface area contributed by atoms with Crippen molar-refractivity contribution < 1.29 is 19.1 Å². The van der Waals surface area contributed by atoms with Crippen LogP contribution in [0.4, 0.5) is 11.4 Å². The van der Waals surface area contributed by atoms with Crippen LogP contribution in [0.3, 0.4) is 0 Å². The first kappa shape index (κ1) is 32.4. The van der Waals surface area contributed by atoms with E-state index in [1.165, 1.54) is 0 Å². The molecule has 1 N–H and O–H groups in total. The molecule has 3 aromatic carbocycles. The molecule has 238 valence electrons. The largest absolute Gasteiger partial charge is 0.383 e. The van der Waals surface area contributed by atoms with Gasteiger partial charge in [-0.2, -0.15) is 0 Å². The number of methoxy groups -OCH3 is 2. The first-order valence-electron chi connectivity index (χ1n) is 15.0. The summed E-state index contributed by atoms with van der Waals surface area (Å²) in [5, 5.41) is 3.80. The summed E-state index contributed by atoms with van der Waals surface area (Å²) >= 11 is 6.16. The highest BCUT2D eigenvalue weighted by atomic mass is 35.5. The molecule has 0 unspecified atom stereocenters. The predicted molar refractivity (Wildman–Crippen MR) is 179 cm³/mol. The van der Waals surface area contributed by atoms with Crippen molar-refractivity contribution in [1.82, 2.24) is 19.4 Å². The van der Waals surface area contributed by atoms with Gasteiger partial charge in [0.1, 0.15) is 11.9 Å². The van der Waals surface area contributed by atoms with E-state index in [2.05, 4.69) is 42.3 Å². The van der Waals surface area contributed by atoms with Gasteiger partial charge < -0.3 is 34.1 Å². The van der Waals surface area contributed by atoms with E-state index in [0.29, 0.717) is 60.3 Å².